The summed E-state index contributed by atoms with van der Waals surface area (Å²) in [5.74, 6) is 1.62. The van der Waals surface area contributed by atoms with Gasteiger partial charge in [0.05, 0.1) is 18.9 Å². The number of aryl methyl sites for hydroxylation is 1. The first kappa shape index (κ1) is 28.7. The van der Waals surface area contributed by atoms with Gasteiger partial charge in [0.25, 0.3) is 0 Å². The molecule has 6 rings (SSSR count). The van der Waals surface area contributed by atoms with E-state index < -0.39 is 16.1 Å². The lowest BCUT2D eigenvalue weighted by atomic mass is 10.2. The van der Waals surface area contributed by atoms with Crippen LogP contribution < -0.4 is 10.1 Å². The molecule has 0 aliphatic carbocycles. The molecule has 2 aliphatic rings. The minimum atomic E-state index is -2.47. The summed E-state index contributed by atoms with van der Waals surface area (Å²) in [5, 5.41) is 3.14. The zero-order valence-electron chi connectivity index (χ0n) is 24.4. The maximum atomic E-state index is 11.5. The zero-order chi connectivity index (χ0) is 29.2. The summed E-state index contributed by atoms with van der Waals surface area (Å²) in [7, 11) is -2.47. The van der Waals surface area contributed by atoms with E-state index in [1.54, 1.807) is 13.1 Å². The van der Waals surface area contributed by atoms with Gasteiger partial charge in [0.2, 0.25) is 0 Å². The lowest BCUT2D eigenvalue weighted by molar-refractivity contribution is 0.0322. The number of nitrogens with zero attached hydrogens (tertiary/aromatic N) is 5. The van der Waals surface area contributed by atoms with Gasteiger partial charge in [-0.15, -0.1) is 0 Å². The van der Waals surface area contributed by atoms with Gasteiger partial charge in [0.1, 0.15) is 29.1 Å². The van der Waals surface area contributed by atoms with Gasteiger partial charge < -0.3 is 24.3 Å². The van der Waals surface area contributed by atoms with Crippen molar-refractivity contribution in [2.24, 2.45) is 0 Å². The van der Waals surface area contributed by atoms with E-state index in [1.807, 2.05) is 23.1 Å². The maximum absolute atomic E-state index is 11.5. The summed E-state index contributed by atoms with van der Waals surface area (Å²) in [6.45, 7) is 12.4. The predicted molar refractivity (Wildman–Crippen MR) is 164 cm³/mol. The number of anilines is 1. The number of aromatic amines is 1. The quantitative estimate of drug-likeness (QED) is 0.238. The zero-order valence-corrected chi connectivity index (χ0v) is 25.3. The third kappa shape index (κ3) is 6.03. The van der Waals surface area contributed by atoms with Crippen LogP contribution in [0.25, 0.3) is 28.2 Å². The highest BCUT2D eigenvalue weighted by Gasteiger charge is 2.28. The Labute approximate surface area is 247 Å². The fraction of sp³-hybridized carbons (Fsp3) is 0.467. The lowest BCUT2D eigenvalue weighted by Gasteiger charge is -2.26. The molecule has 2 aliphatic heterocycles. The van der Waals surface area contributed by atoms with E-state index in [-0.39, 0.29) is 6.04 Å². The van der Waals surface area contributed by atoms with Crippen LogP contribution in [0.2, 0.25) is 0 Å². The largest absolute Gasteiger partial charge is 0.492 e. The Hall–Kier alpha value is -3.45. The second-order valence-electron chi connectivity index (χ2n) is 11.1. The third-order valence-corrected chi connectivity index (χ3v) is 9.30. The van der Waals surface area contributed by atoms with Crippen molar-refractivity contribution in [3.8, 4) is 22.8 Å². The van der Waals surface area contributed by atoms with Gasteiger partial charge >= 0.3 is 0 Å². The Bertz CT molecular complexity index is 1600. The second kappa shape index (κ2) is 12.4. The molecular weight excluding hydrogens is 554 g/mol. The monoisotopic (exact) mass is 593 g/mol. The number of H-pyrrole nitrogens is 1. The Balaban J connectivity index is 1.16. The SMILES string of the molecule is Cc1cc(-c2nc3nccc(N[C@H]4CCN([C@H](C)[SH](=O)=O)C4)c3[nH]2)c(C)n1-c1ccc(OCCN2CCOCC2)cc1. The van der Waals surface area contributed by atoms with Crippen molar-refractivity contribution in [3.05, 3.63) is 54.0 Å². The van der Waals surface area contributed by atoms with Crippen LogP contribution in [0.1, 0.15) is 24.7 Å². The number of rotatable bonds is 10. The van der Waals surface area contributed by atoms with Crippen molar-refractivity contribution in [1.82, 2.24) is 29.3 Å². The molecule has 2 fully saturated rings. The van der Waals surface area contributed by atoms with Crippen molar-refractivity contribution in [3.63, 3.8) is 0 Å². The molecule has 0 radical (unpaired) electrons. The van der Waals surface area contributed by atoms with Gasteiger partial charge in [0.15, 0.2) is 16.4 Å². The molecule has 12 heteroatoms. The van der Waals surface area contributed by atoms with E-state index in [0.717, 1.165) is 91.2 Å². The first-order chi connectivity index (χ1) is 20.4. The number of nitrogens with one attached hydrogen (secondary N) is 2. The molecule has 2 saturated heterocycles. The summed E-state index contributed by atoms with van der Waals surface area (Å²) in [4.78, 5) is 17.2. The summed E-state index contributed by atoms with van der Waals surface area (Å²) in [5.41, 5.74) is 6.67. The Morgan fingerprint density at radius 3 is 2.69 bits per heavy atom. The summed E-state index contributed by atoms with van der Waals surface area (Å²) >= 11 is 0. The highest BCUT2D eigenvalue weighted by Crippen LogP contribution is 2.31. The van der Waals surface area contributed by atoms with E-state index in [9.17, 15) is 8.42 Å². The standard InChI is InChI=1S/C30H39N7O4S/c1-20-18-26(21(2)37(20)24-4-6-25(7-5-24)41-17-14-35-12-15-40-16-13-35)29-33-28-27(8-10-31-30(28)34-29)32-23-9-11-36(19-23)22(3)42(38)39/h4-8,10,18,22-23,42H,9,11-17,19H2,1-3H3,(H2,31,32,33,34)/t22-,23-/m0/s1. The van der Waals surface area contributed by atoms with Crippen molar-refractivity contribution in [2.45, 2.75) is 38.6 Å². The highest BCUT2D eigenvalue weighted by atomic mass is 32.2. The number of hydrogen-bond acceptors (Lipinski definition) is 9. The van der Waals surface area contributed by atoms with Crippen molar-refractivity contribution in [1.29, 1.82) is 0 Å². The molecule has 0 amide bonds. The normalized spacial score (nSPS) is 19.1. The van der Waals surface area contributed by atoms with E-state index in [1.165, 1.54) is 0 Å². The number of imidazole rings is 1. The van der Waals surface area contributed by atoms with Crippen LogP contribution in [0.5, 0.6) is 5.75 Å². The van der Waals surface area contributed by atoms with Gasteiger partial charge in [-0.1, -0.05) is 0 Å². The molecule has 2 atom stereocenters. The number of hydrogen-bond donors (Lipinski definition) is 3. The van der Waals surface area contributed by atoms with Gasteiger partial charge in [-0.05, 0) is 63.6 Å². The predicted octanol–water partition coefficient (Wildman–Crippen LogP) is 3.19. The number of likely N-dealkylation sites (tertiary alicyclic amines) is 1. The number of thiol groups is 1. The number of fused-ring (bicyclic) bond motifs is 1. The molecule has 1 aromatic carbocycles. The number of pyridine rings is 1. The van der Waals surface area contributed by atoms with Crippen LogP contribution in [0, 0.1) is 13.8 Å². The van der Waals surface area contributed by atoms with Crippen LogP contribution in [0.3, 0.4) is 0 Å². The fourth-order valence-electron chi connectivity index (χ4n) is 5.97. The van der Waals surface area contributed by atoms with E-state index >= 15 is 0 Å². The van der Waals surface area contributed by atoms with Crippen LogP contribution in [0.4, 0.5) is 5.69 Å². The Morgan fingerprint density at radius 2 is 1.93 bits per heavy atom. The molecule has 5 heterocycles. The van der Waals surface area contributed by atoms with E-state index in [0.29, 0.717) is 18.8 Å². The van der Waals surface area contributed by atoms with Gasteiger partial charge in [-0.2, -0.15) is 0 Å². The van der Waals surface area contributed by atoms with Crippen molar-refractivity contribution >= 4 is 27.6 Å². The van der Waals surface area contributed by atoms with Gasteiger partial charge in [-0.3, -0.25) is 9.80 Å². The summed E-state index contributed by atoms with van der Waals surface area (Å²) in [6, 6.07) is 12.5. The van der Waals surface area contributed by atoms with Gasteiger partial charge in [-0.25, -0.2) is 18.4 Å². The first-order valence-corrected chi connectivity index (χ1v) is 15.8. The first-order valence-electron chi connectivity index (χ1n) is 14.6. The number of aromatic nitrogens is 4. The third-order valence-electron chi connectivity index (χ3n) is 8.37. The molecule has 3 aromatic heterocycles. The number of benzene rings is 1. The number of morpholine rings is 1. The van der Waals surface area contributed by atoms with Crippen LogP contribution in [-0.4, -0.2) is 102 Å². The molecule has 0 saturated carbocycles. The van der Waals surface area contributed by atoms with E-state index in [4.69, 9.17) is 14.5 Å². The number of ether oxygens (including phenoxy) is 2. The summed E-state index contributed by atoms with van der Waals surface area (Å²) in [6.07, 6.45) is 2.63. The highest BCUT2D eigenvalue weighted by molar-refractivity contribution is 7.73. The van der Waals surface area contributed by atoms with Crippen LogP contribution >= 0.6 is 0 Å². The molecule has 0 bridgehead atoms. The summed E-state index contributed by atoms with van der Waals surface area (Å²) < 4.78 is 36.5. The molecule has 0 spiro atoms. The van der Waals surface area contributed by atoms with Crippen molar-refractivity contribution < 1.29 is 17.9 Å². The Kier molecular flexibility index (Phi) is 8.48. The minimum absolute atomic E-state index is 0.149. The molecule has 0 unspecified atom stereocenters. The molecule has 2 N–H and O–H groups in total. The second-order valence-corrected chi connectivity index (χ2v) is 12.4. The molecular formula is C30H39N7O4S. The lowest BCUT2D eigenvalue weighted by Crippen LogP contribution is -2.38. The maximum Gasteiger partial charge on any atom is 0.180 e. The molecule has 224 valence electrons. The smallest absolute Gasteiger partial charge is 0.180 e. The fourth-order valence-corrected chi connectivity index (χ4v) is 6.44. The Morgan fingerprint density at radius 1 is 1.14 bits per heavy atom. The van der Waals surface area contributed by atoms with Gasteiger partial charge in [0, 0.05) is 67.6 Å². The molecule has 11 nitrogen and oxygen atoms in total. The van der Waals surface area contributed by atoms with Crippen LogP contribution in [-0.2, 0) is 15.4 Å². The topological polar surface area (TPSA) is 118 Å². The van der Waals surface area contributed by atoms with Crippen LogP contribution in [0.15, 0.2) is 42.6 Å². The minimum Gasteiger partial charge on any atom is -0.492 e. The van der Waals surface area contributed by atoms with E-state index in [2.05, 4.69) is 56.8 Å². The molecule has 4 aromatic rings. The molecule has 42 heavy (non-hydrogen) atoms. The average Bonchev–Trinajstić information content (AvgIpc) is 3.71. The van der Waals surface area contributed by atoms with Crippen molar-refractivity contribution in [2.75, 3.05) is 57.9 Å². The average molecular weight is 594 g/mol.